The van der Waals surface area contributed by atoms with Gasteiger partial charge in [0.15, 0.2) is 9.84 Å². The molecule has 1 aromatic heterocycles. The minimum Gasteiger partial charge on any atom is -0.478 e. The minimum absolute atomic E-state index is 0.0889. The number of nitrogens with one attached hydrogen (secondary N) is 1. The number of fused-ring (bicyclic) bond motifs is 1. The second-order valence-electron chi connectivity index (χ2n) is 11.8. The Morgan fingerprint density at radius 2 is 1.80 bits per heavy atom. The van der Waals surface area contributed by atoms with E-state index in [0.29, 0.717) is 43.6 Å². The number of carbonyl (C=O) groups is 1. The lowest BCUT2D eigenvalue weighted by Gasteiger charge is -2.50. The third kappa shape index (κ3) is 5.90. The number of rotatable bonds is 8. The Bertz CT molecular complexity index is 1420. The number of sulfone groups is 1. The van der Waals surface area contributed by atoms with E-state index in [2.05, 4.69) is 58.0 Å². The largest absolute Gasteiger partial charge is 0.478 e. The van der Waals surface area contributed by atoms with Crippen LogP contribution in [0, 0.1) is 10.8 Å². The zero-order chi connectivity index (χ0) is 28.5. The van der Waals surface area contributed by atoms with Crippen molar-refractivity contribution in [1.82, 2.24) is 19.9 Å². The van der Waals surface area contributed by atoms with Crippen molar-refractivity contribution in [1.29, 1.82) is 0 Å². The number of carboxylic acid groups (broad SMARTS) is 1. The molecule has 11 heteroatoms. The van der Waals surface area contributed by atoms with Crippen molar-refractivity contribution in [2.45, 2.75) is 33.6 Å². The molecule has 2 N–H and O–H groups in total. The molecule has 1 fully saturated rings. The summed E-state index contributed by atoms with van der Waals surface area (Å²) in [5.41, 5.74) is 3.66. The van der Waals surface area contributed by atoms with E-state index < -0.39 is 15.8 Å². The summed E-state index contributed by atoms with van der Waals surface area (Å²) < 4.78 is 23.2. The number of hydrogen-bond donors (Lipinski definition) is 2. The Balaban J connectivity index is 1.22. The van der Waals surface area contributed by atoms with Crippen LogP contribution < -0.4 is 10.2 Å². The van der Waals surface area contributed by atoms with Gasteiger partial charge in [-0.05, 0) is 42.7 Å². The van der Waals surface area contributed by atoms with Crippen LogP contribution in [0.1, 0.15) is 49.5 Å². The first-order valence-corrected chi connectivity index (χ1v) is 15.7. The highest BCUT2D eigenvalue weighted by atomic mass is 32.2. The smallest absolute Gasteiger partial charge is 0.335 e. The van der Waals surface area contributed by atoms with Gasteiger partial charge in [-0.2, -0.15) is 4.98 Å². The monoisotopic (exact) mass is 566 g/mol. The molecule has 214 valence electrons. The van der Waals surface area contributed by atoms with E-state index in [1.807, 2.05) is 12.1 Å². The van der Waals surface area contributed by atoms with Crippen LogP contribution in [0.4, 0.5) is 11.9 Å². The number of aromatic nitrogens is 3. The number of carboxylic acids is 1. The molecule has 0 bridgehead atoms. The first-order chi connectivity index (χ1) is 19.0. The number of anilines is 2. The first-order valence-electron chi connectivity index (χ1n) is 13.8. The quantitative estimate of drug-likeness (QED) is 0.362. The Hall–Kier alpha value is -3.31. The fourth-order valence-corrected chi connectivity index (χ4v) is 7.63. The third-order valence-electron chi connectivity index (χ3n) is 8.47. The second kappa shape index (κ2) is 10.9. The standard InChI is InChI=1S/C29H38N6O4S/c1-28(2)23(21-5-7-22(8-6-21)25(36)37)9-11-29(3)19-35(14-10-24(28)29)27-32-20-31-26(33-27)30-12-4-13-34-15-17-40(38,39)18-16-34/h5-10,20H,4,11-19H2,1-3H3,(H,36,37)(H,30,31,32,33)/t29-/m1/s1. The van der Waals surface area contributed by atoms with Crippen molar-refractivity contribution in [3.63, 3.8) is 0 Å². The van der Waals surface area contributed by atoms with E-state index in [9.17, 15) is 18.3 Å². The molecule has 0 unspecified atom stereocenters. The summed E-state index contributed by atoms with van der Waals surface area (Å²) in [6, 6.07) is 7.16. The average molecular weight is 567 g/mol. The summed E-state index contributed by atoms with van der Waals surface area (Å²) in [6.07, 6.45) is 7.89. The van der Waals surface area contributed by atoms with Crippen molar-refractivity contribution in [2.75, 3.05) is 61.0 Å². The lowest BCUT2D eigenvalue weighted by molar-refractivity contribution is 0.0697. The van der Waals surface area contributed by atoms with Crippen LogP contribution >= 0.6 is 0 Å². The molecule has 0 amide bonds. The molecule has 1 aliphatic carbocycles. The summed E-state index contributed by atoms with van der Waals surface area (Å²) in [5, 5.41) is 12.6. The van der Waals surface area contributed by atoms with Crippen LogP contribution in [0.5, 0.6) is 0 Å². The Morgan fingerprint density at radius 1 is 1.07 bits per heavy atom. The van der Waals surface area contributed by atoms with Crippen molar-refractivity contribution in [3.05, 3.63) is 59.4 Å². The fraction of sp³-hybridized carbons (Fsp3) is 0.517. The Kier molecular flexibility index (Phi) is 7.71. The second-order valence-corrected chi connectivity index (χ2v) is 14.1. The van der Waals surface area contributed by atoms with Crippen molar-refractivity contribution in [2.24, 2.45) is 10.8 Å². The molecule has 0 spiro atoms. The number of benzene rings is 1. The molecule has 40 heavy (non-hydrogen) atoms. The van der Waals surface area contributed by atoms with Gasteiger partial charge in [0.05, 0.1) is 17.1 Å². The maximum absolute atomic E-state index is 11.6. The van der Waals surface area contributed by atoms with E-state index in [1.165, 1.54) is 11.1 Å². The summed E-state index contributed by atoms with van der Waals surface area (Å²) in [6.45, 7) is 11.0. The zero-order valence-electron chi connectivity index (χ0n) is 23.4. The molecule has 2 aromatic rings. The number of hydrogen-bond acceptors (Lipinski definition) is 9. The topological polar surface area (TPSA) is 129 Å². The van der Waals surface area contributed by atoms with Crippen LogP contribution in [-0.4, -0.2) is 90.1 Å². The molecule has 10 nitrogen and oxygen atoms in total. The third-order valence-corrected chi connectivity index (χ3v) is 10.1. The van der Waals surface area contributed by atoms with Gasteiger partial charge < -0.3 is 20.2 Å². The normalized spacial score (nSPS) is 24.0. The Labute approximate surface area is 236 Å². The van der Waals surface area contributed by atoms with Gasteiger partial charge in [-0.1, -0.05) is 50.6 Å². The molecule has 1 aromatic carbocycles. The van der Waals surface area contributed by atoms with Gasteiger partial charge in [0.2, 0.25) is 11.9 Å². The van der Waals surface area contributed by atoms with Crippen LogP contribution in [0.2, 0.25) is 0 Å². The summed E-state index contributed by atoms with van der Waals surface area (Å²) in [5.74, 6) is 0.765. The molecule has 1 atom stereocenters. The first kappa shape index (κ1) is 28.2. The minimum atomic E-state index is -2.86. The van der Waals surface area contributed by atoms with Gasteiger partial charge in [0.25, 0.3) is 0 Å². The van der Waals surface area contributed by atoms with Gasteiger partial charge in [0.1, 0.15) is 6.33 Å². The van der Waals surface area contributed by atoms with E-state index >= 15 is 0 Å². The van der Waals surface area contributed by atoms with Crippen molar-refractivity contribution in [3.8, 4) is 0 Å². The van der Waals surface area contributed by atoms with Crippen LogP contribution in [0.3, 0.4) is 0 Å². The maximum Gasteiger partial charge on any atom is 0.335 e. The van der Waals surface area contributed by atoms with E-state index in [4.69, 9.17) is 4.98 Å². The average Bonchev–Trinajstić information content (AvgIpc) is 2.91. The number of allylic oxidation sites excluding steroid dienone is 2. The van der Waals surface area contributed by atoms with Crippen molar-refractivity contribution >= 4 is 33.3 Å². The highest BCUT2D eigenvalue weighted by molar-refractivity contribution is 7.91. The van der Waals surface area contributed by atoms with E-state index in [-0.39, 0.29) is 22.3 Å². The SMILES string of the molecule is CC1(C)C(c2ccc(C(=O)O)cc2)=CC[C@]2(C)CN(c3ncnc(NCCCN4CCS(=O)(=O)CC4)n3)CC=C12. The van der Waals surface area contributed by atoms with Crippen LogP contribution in [0.15, 0.2) is 48.3 Å². The molecule has 5 rings (SSSR count). The fourth-order valence-electron chi connectivity index (χ4n) is 6.36. The summed E-state index contributed by atoms with van der Waals surface area (Å²) >= 11 is 0. The molecule has 1 saturated heterocycles. The van der Waals surface area contributed by atoms with Gasteiger partial charge in [-0.3, -0.25) is 0 Å². The van der Waals surface area contributed by atoms with Crippen LogP contribution in [-0.2, 0) is 9.84 Å². The van der Waals surface area contributed by atoms with E-state index in [1.54, 1.807) is 18.5 Å². The molecule has 0 radical (unpaired) electrons. The summed E-state index contributed by atoms with van der Waals surface area (Å²) in [7, 11) is -2.86. The number of nitrogens with zero attached hydrogens (tertiary/aromatic N) is 5. The van der Waals surface area contributed by atoms with Gasteiger partial charge in [-0.15, -0.1) is 0 Å². The molecule has 3 aliphatic rings. The lowest BCUT2D eigenvalue weighted by atomic mass is 9.58. The molecule has 2 aliphatic heterocycles. The van der Waals surface area contributed by atoms with Gasteiger partial charge >= 0.3 is 5.97 Å². The highest BCUT2D eigenvalue weighted by Crippen LogP contribution is 2.55. The van der Waals surface area contributed by atoms with Gasteiger partial charge in [-0.25, -0.2) is 23.2 Å². The van der Waals surface area contributed by atoms with E-state index in [0.717, 1.165) is 31.5 Å². The predicted octanol–water partition coefficient (Wildman–Crippen LogP) is 3.37. The zero-order valence-corrected chi connectivity index (χ0v) is 24.2. The maximum atomic E-state index is 11.6. The lowest BCUT2D eigenvalue weighted by Crippen LogP contribution is -2.47. The van der Waals surface area contributed by atoms with Crippen molar-refractivity contribution < 1.29 is 18.3 Å². The molecule has 3 heterocycles. The van der Waals surface area contributed by atoms with Gasteiger partial charge in [0, 0.05) is 43.6 Å². The summed E-state index contributed by atoms with van der Waals surface area (Å²) in [4.78, 5) is 29.2. The molecule has 0 saturated carbocycles. The van der Waals surface area contributed by atoms with Crippen LogP contribution in [0.25, 0.3) is 5.57 Å². The molecular weight excluding hydrogens is 528 g/mol. The number of aromatic carboxylic acids is 1. The molecular formula is C29H38N6O4S. The predicted molar refractivity (Wildman–Crippen MR) is 156 cm³/mol. The highest BCUT2D eigenvalue weighted by Gasteiger charge is 2.46. The Morgan fingerprint density at radius 3 is 2.50 bits per heavy atom.